The molecule has 0 saturated carbocycles. The summed E-state index contributed by atoms with van der Waals surface area (Å²) < 4.78 is 0. The zero-order chi connectivity index (χ0) is 13.1. The van der Waals surface area contributed by atoms with Crippen LogP contribution >= 0.6 is 11.3 Å². The second-order valence-corrected chi connectivity index (χ2v) is 4.86. The van der Waals surface area contributed by atoms with Crippen molar-refractivity contribution in [3.63, 3.8) is 0 Å². The van der Waals surface area contributed by atoms with Crippen molar-refractivity contribution in [3.05, 3.63) is 38.9 Å². The van der Waals surface area contributed by atoms with Gasteiger partial charge in [0.1, 0.15) is 10.0 Å². The number of aryl methyl sites for hydroxylation is 1. The third-order valence-corrected chi connectivity index (χ3v) is 3.50. The summed E-state index contributed by atoms with van der Waals surface area (Å²) in [6.07, 6.45) is 0.672. The summed E-state index contributed by atoms with van der Waals surface area (Å²) in [6, 6.07) is 4.74. The van der Waals surface area contributed by atoms with Gasteiger partial charge in [0.15, 0.2) is 0 Å². The monoisotopic (exact) mass is 264 g/mol. The maximum absolute atomic E-state index is 10.8. The Morgan fingerprint density at radius 2 is 2.22 bits per heavy atom. The summed E-state index contributed by atoms with van der Waals surface area (Å²) in [6.45, 7) is 2.41. The third kappa shape index (κ3) is 2.52. The molecule has 0 fully saturated rings. The smallest absolute Gasteiger partial charge is 0.270 e. The quantitative estimate of drug-likeness (QED) is 0.672. The van der Waals surface area contributed by atoms with E-state index in [-0.39, 0.29) is 5.69 Å². The van der Waals surface area contributed by atoms with E-state index in [1.807, 2.05) is 6.92 Å². The maximum atomic E-state index is 10.8. The summed E-state index contributed by atoms with van der Waals surface area (Å²) in [5, 5.41) is 20.4. The van der Waals surface area contributed by atoms with Crippen LogP contribution in [0.5, 0.6) is 0 Å². The Labute approximate surface area is 108 Å². The number of hydrogen-bond acceptors (Lipinski definition) is 6. The minimum atomic E-state index is -0.412. The standard InChI is InChI=1S/C11H12N4O2S/c1-7-2-3-8(15(16)17)6-9(7)11-14-13-10(18-11)4-5-12/h2-3,6H,4-5,12H2,1H3. The van der Waals surface area contributed by atoms with Crippen molar-refractivity contribution in [2.24, 2.45) is 5.73 Å². The van der Waals surface area contributed by atoms with E-state index < -0.39 is 4.92 Å². The predicted octanol–water partition coefficient (Wildman–Crippen LogP) is 1.92. The molecule has 1 aromatic heterocycles. The van der Waals surface area contributed by atoms with E-state index >= 15 is 0 Å². The van der Waals surface area contributed by atoms with Crippen LogP contribution < -0.4 is 5.73 Å². The molecule has 0 aliphatic carbocycles. The van der Waals surface area contributed by atoms with Crippen LogP contribution in [-0.2, 0) is 6.42 Å². The topological polar surface area (TPSA) is 94.9 Å². The van der Waals surface area contributed by atoms with E-state index in [2.05, 4.69) is 10.2 Å². The van der Waals surface area contributed by atoms with E-state index in [0.29, 0.717) is 18.0 Å². The van der Waals surface area contributed by atoms with E-state index in [1.165, 1.54) is 23.5 Å². The predicted molar refractivity (Wildman–Crippen MR) is 69.5 cm³/mol. The number of hydrogen-bond donors (Lipinski definition) is 1. The summed E-state index contributed by atoms with van der Waals surface area (Å²) in [7, 11) is 0. The van der Waals surface area contributed by atoms with Crippen molar-refractivity contribution in [2.75, 3.05) is 6.54 Å². The Bertz CT molecular complexity index is 582. The SMILES string of the molecule is Cc1ccc([N+](=O)[O-])cc1-c1nnc(CCN)s1. The molecule has 0 unspecified atom stereocenters. The third-order valence-electron chi connectivity index (χ3n) is 2.49. The van der Waals surface area contributed by atoms with Crippen molar-refractivity contribution in [1.82, 2.24) is 10.2 Å². The summed E-state index contributed by atoms with van der Waals surface area (Å²) in [5.74, 6) is 0. The van der Waals surface area contributed by atoms with E-state index in [1.54, 1.807) is 6.07 Å². The molecule has 0 bridgehead atoms. The fourth-order valence-corrected chi connectivity index (χ4v) is 2.48. The lowest BCUT2D eigenvalue weighted by Gasteiger charge is -2.00. The molecule has 0 radical (unpaired) electrons. The molecule has 1 aromatic carbocycles. The molecule has 0 aliphatic rings. The molecule has 1 heterocycles. The van der Waals surface area contributed by atoms with Crippen LogP contribution in [-0.4, -0.2) is 21.7 Å². The van der Waals surface area contributed by atoms with E-state index in [4.69, 9.17) is 5.73 Å². The molecule has 2 rings (SSSR count). The summed E-state index contributed by atoms with van der Waals surface area (Å²) in [4.78, 5) is 10.3. The van der Waals surface area contributed by atoms with Gasteiger partial charge in [0.25, 0.3) is 5.69 Å². The van der Waals surface area contributed by atoms with E-state index in [0.717, 1.165) is 16.1 Å². The van der Waals surface area contributed by atoms with Crippen LogP contribution in [0.4, 0.5) is 5.69 Å². The Balaban J connectivity index is 2.41. The normalized spacial score (nSPS) is 10.6. The van der Waals surface area contributed by atoms with Gasteiger partial charge >= 0.3 is 0 Å². The lowest BCUT2D eigenvalue weighted by atomic mass is 10.1. The number of nitrogens with two attached hydrogens (primary N) is 1. The first-order valence-electron chi connectivity index (χ1n) is 5.39. The largest absolute Gasteiger partial charge is 0.330 e. The van der Waals surface area contributed by atoms with Gasteiger partial charge in [0.2, 0.25) is 0 Å². The lowest BCUT2D eigenvalue weighted by molar-refractivity contribution is -0.384. The van der Waals surface area contributed by atoms with Gasteiger partial charge < -0.3 is 5.73 Å². The highest BCUT2D eigenvalue weighted by Gasteiger charge is 2.13. The molecule has 7 heteroatoms. The van der Waals surface area contributed by atoms with Crippen LogP contribution in [0.2, 0.25) is 0 Å². The van der Waals surface area contributed by atoms with Crippen LogP contribution in [0.25, 0.3) is 10.6 Å². The van der Waals surface area contributed by atoms with Crippen molar-refractivity contribution in [1.29, 1.82) is 0 Å². The first-order chi connectivity index (χ1) is 8.61. The minimum absolute atomic E-state index is 0.0613. The van der Waals surface area contributed by atoms with Gasteiger partial charge in [-0.05, 0) is 19.0 Å². The number of rotatable bonds is 4. The molecule has 2 aromatic rings. The molecule has 0 saturated heterocycles. The number of nitro groups is 1. The van der Waals surface area contributed by atoms with Crippen LogP contribution in [0.15, 0.2) is 18.2 Å². The van der Waals surface area contributed by atoms with Gasteiger partial charge in [-0.1, -0.05) is 17.4 Å². The second-order valence-electron chi connectivity index (χ2n) is 3.80. The Hall–Kier alpha value is -1.86. The van der Waals surface area contributed by atoms with Gasteiger partial charge in [-0.2, -0.15) is 0 Å². The van der Waals surface area contributed by atoms with Crippen LogP contribution in [0, 0.1) is 17.0 Å². The number of aromatic nitrogens is 2. The van der Waals surface area contributed by atoms with Gasteiger partial charge in [0, 0.05) is 24.1 Å². The molecule has 18 heavy (non-hydrogen) atoms. The van der Waals surface area contributed by atoms with Crippen molar-refractivity contribution in [2.45, 2.75) is 13.3 Å². The molecule has 0 aliphatic heterocycles. The summed E-state index contributed by atoms with van der Waals surface area (Å²) >= 11 is 1.42. The minimum Gasteiger partial charge on any atom is -0.330 e. The average Bonchev–Trinajstić information content (AvgIpc) is 2.78. The molecule has 6 nitrogen and oxygen atoms in total. The number of benzene rings is 1. The molecule has 0 atom stereocenters. The van der Waals surface area contributed by atoms with Crippen molar-refractivity contribution in [3.8, 4) is 10.6 Å². The highest BCUT2D eigenvalue weighted by molar-refractivity contribution is 7.14. The Morgan fingerprint density at radius 1 is 1.44 bits per heavy atom. The van der Waals surface area contributed by atoms with Gasteiger partial charge in [-0.15, -0.1) is 10.2 Å². The maximum Gasteiger partial charge on any atom is 0.270 e. The molecule has 0 amide bonds. The van der Waals surface area contributed by atoms with Gasteiger partial charge in [-0.25, -0.2) is 0 Å². The van der Waals surface area contributed by atoms with Gasteiger partial charge in [-0.3, -0.25) is 10.1 Å². The zero-order valence-corrected chi connectivity index (χ0v) is 10.6. The van der Waals surface area contributed by atoms with Crippen LogP contribution in [0.3, 0.4) is 0 Å². The molecular formula is C11H12N4O2S. The Morgan fingerprint density at radius 3 is 2.89 bits per heavy atom. The second kappa shape index (κ2) is 5.19. The van der Waals surface area contributed by atoms with Crippen molar-refractivity contribution < 1.29 is 4.92 Å². The first kappa shape index (κ1) is 12.6. The summed E-state index contributed by atoms with van der Waals surface area (Å²) in [5.41, 5.74) is 7.21. The number of non-ortho nitro benzene ring substituents is 1. The average molecular weight is 264 g/mol. The fourth-order valence-electron chi connectivity index (χ4n) is 1.54. The highest BCUT2D eigenvalue weighted by atomic mass is 32.1. The first-order valence-corrected chi connectivity index (χ1v) is 6.21. The molecular weight excluding hydrogens is 252 g/mol. The van der Waals surface area contributed by atoms with Crippen LogP contribution in [0.1, 0.15) is 10.6 Å². The van der Waals surface area contributed by atoms with E-state index in [9.17, 15) is 10.1 Å². The zero-order valence-electron chi connectivity index (χ0n) is 9.79. The van der Waals surface area contributed by atoms with Gasteiger partial charge in [0.05, 0.1) is 4.92 Å². The lowest BCUT2D eigenvalue weighted by Crippen LogP contribution is -2.01. The number of nitrogens with zero attached hydrogens (tertiary/aromatic N) is 3. The highest BCUT2D eigenvalue weighted by Crippen LogP contribution is 2.29. The van der Waals surface area contributed by atoms with Crippen molar-refractivity contribution >= 4 is 17.0 Å². The molecule has 2 N–H and O–H groups in total. The Kier molecular flexibility index (Phi) is 3.63. The molecule has 94 valence electrons. The molecule has 0 spiro atoms. The number of nitro benzene ring substituents is 1. The fraction of sp³-hybridized carbons (Fsp3) is 0.273.